The van der Waals surface area contributed by atoms with Gasteiger partial charge in [0.1, 0.15) is 0 Å². The lowest BCUT2D eigenvalue weighted by atomic mass is 10.1. The first-order chi connectivity index (χ1) is 10.4. The van der Waals surface area contributed by atoms with Gasteiger partial charge in [0.25, 0.3) is 5.91 Å². The molecule has 2 aromatic rings. The van der Waals surface area contributed by atoms with Crippen molar-refractivity contribution in [2.45, 2.75) is 5.75 Å². The third-order valence-corrected chi connectivity index (χ3v) is 5.08. The highest BCUT2D eigenvalue weighted by atomic mass is 32.2. The summed E-state index contributed by atoms with van der Waals surface area (Å²) in [6.07, 6.45) is 2.80. The number of hydrogen-bond donors (Lipinski definition) is 2. The smallest absolute Gasteiger partial charge is 0.271 e. The number of nitrogens with one attached hydrogen (secondary N) is 1. The van der Waals surface area contributed by atoms with E-state index in [0.29, 0.717) is 16.9 Å². The molecule has 22 heavy (non-hydrogen) atoms. The standard InChI is InChI=1S/C13H13N5O3S/c1-18-10-3-2-9(6-8(10)7-22(18,20)21)17-13-11(12(14)19)15-4-5-16-13/h2-6H,7H2,1H3,(H2,14,19)(H,16,17). The van der Waals surface area contributed by atoms with E-state index in [1.165, 1.54) is 23.7 Å². The van der Waals surface area contributed by atoms with Gasteiger partial charge in [-0.05, 0) is 23.8 Å². The molecule has 1 aliphatic heterocycles. The fraction of sp³-hybridized carbons (Fsp3) is 0.154. The fourth-order valence-corrected chi connectivity index (χ4v) is 3.57. The molecule has 0 bridgehead atoms. The molecule has 0 fully saturated rings. The number of amides is 1. The number of fused-ring (bicyclic) bond motifs is 1. The zero-order valence-corrected chi connectivity index (χ0v) is 12.5. The summed E-state index contributed by atoms with van der Waals surface area (Å²) in [5.41, 5.74) is 7.19. The van der Waals surface area contributed by atoms with Gasteiger partial charge in [-0.25, -0.2) is 18.4 Å². The Balaban J connectivity index is 1.95. The topological polar surface area (TPSA) is 118 Å². The van der Waals surface area contributed by atoms with Crippen LogP contribution in [0.1, 0.15) is 16.1 Å². The van der Waals surface area contributed by atoms with Gasteiger partial charge in [0.2, 0.25) is 10.0 Å². The summed E-state index contributed by atoms with van der Waals surface area (Å²) in [5.74, 6) is -0.527. The molecule has 1 aromatic heterocycles. The molecule has 0 unspecified atom stereocenters. The maximum absolute atomic E-state index is 11.9. The van der Waals surface area contributed by atoms with Crippen LogP contribution < -0.4 is 15.4 Å². The molecule has 2 heterocycles. The second kappa shape index (κ2) is 4.95. The van der Waals surface area contributed by atoms with E-state index in [4.69, 9.17) is 5.73 Å². The predicted molar refractivity (Wildman–Crippen MR) is 81.3 cm³/mol. The van der Waals surface area contributed by atoms with Gasteiger partial charge in [-0.1, -0.05) is 0 Å². The number of rotatable bonds is 3. The molecule has 0 aliphatic carbocycles. The summed E-state index contributed by atoms with van der Waals surface area (Å²) in [4.78, 5) is 19.2. The van der Waals surface area contributed by atoms with Crippen molar-refractivity contribution >= 4 is 33.1 Å². The maximum atomic E-state index is 11.9. The molecule has 1 aliphatic rings. The van der Waals surface area contributed by atoms with Crippen LogP contribution in [0.3, 0.4) is 0 Å². The number of sulfonamides is 1. The van der Waals surface area contributed by atoms with Gasteiger partial charge in [0, 0.05) is 25.1 Å². The average Bonchev–Trinajstić information content (AvgIpc) is 2.69. The van der Waals surface area contributed by atoms with Crippen molar-refractivity contribution in [2.24, 2.45) is 5.73 Å². The Hall–Kier alpha value is -2.68. The Morgan fingerprint density at radius 3 is 2.77 bits per heavy atom. The summed E-state index contributed by atoms with van der Waals surface area (Å²) < 4.78 is 25.0. The summed E-state index contributed by atoms with van der Waals surface area (Å²) >= 11 is 0. The quantitative estimate of drug-likeness (QED) is 0.855. The molecule has 0 spiro atoms. The summed E-state index contributed by atoms with van der Waals surface area (Å²) in [6.45, 7) is 0. The number of benzene rings is 1. The van der Waals surface area contributed by atoms with Crippen LogP contribution in [0.2, 0.25) is 0 Å². The second-order valence-electron chi connectivity index (χ2n) is 4.81. The van der Waals surface area contributed by atoms with E-state index >= 15 is 0 Å². The van der Waals surface area contributed by atoms with Crippen LogP contribution in [-0.2, 0) is 15.8 Å². The Morgan fingerprint density at radius 2 is 2.05 bits per heavy atom. The molecule has 1 aromatic carbocycles. The minimum absolute atomic E-state index is 0.0211. The largest absolute Gasteiger partial charge is 0.364 e. The minimum Gasteiger partial charge on any atom is -0.364 e. The zero-order chi connectivity index (χ0) is 15.9. The lowest BCUT2D eigenvalue weighted by molar-refractivity contribution is 0.0996. The Labute approximate surface area is 127 Å². The third kappa shape index (κ3) is 2.35. The average molecular weight is 319 g/mol. The molecule has 0 saturated carbocycles. The van der Waals surface area contributed by atoms with E-state index in [2.05, 4.69) is 15.3 Å². The van der Waals surface area contributed by atoms with Gasteiger partial charge < -0.3 is 11.1 Å². The van der Waals surface area contributed by atoms with Crippen LogP contribution in [0.25, 0.3) is 0 Å². The first-order valence-corrected chi connectivity index (χ1v) is 7.97. The molecule has 3 rings (SSSR count). The third-order valence-electron chi connectivity index (χ3n) is 3.37. The van der Waals surface area contributed by atoms with Gasteiger partial charge >= 0.3 is 0 Å². The van der Waals surface area contributed by atoms with E-state index in [9.17, 15) is 13.2 Å². The van der Waals surface area contributed by atoms with Crippen molar-refractivity contribution in [1.82, 2.24) is 9.97 Å². The number of carbonyl (C=O) groups is 1. The first kappa shape index (κ1) is 14.3. The molecule has 9 heteroatoms. The maximum Gasteiger partial charge on any atom is 0.271 e. The number of anilines is 3. The molecule has 0 atom stereocenters. The SMILES string of the molecule is CN1c2ccc(Nc3nccnc3C(N)=O)cc2CS1(=O)=O. The van der Waals surface area contributed by atoms with Gasteiger partial charge in [0.05, 0.1) is 11.4 Å². The van der Waals surface area contributed by atoms with E-state index in [0.717, 1.165) is 0 Å². The monoisotopic (exact) mass is 319 g/mol. The van der Waals surface area contributed by atoms with Gasteiger partial charge in [0.15, 0.2) is 11.5 Å². The highest BCUT2D eigenvalue weighted by Crippen LogP contribution is 2.34. The van der Waals surface area contributed by atoms with E-state index in [-0.39, 0.29) is 17.3 Å². The Kier molecular flexibility index (Phi) is 3.21. The number of nitrogens with zero attached hydrogens (tertiary/aromatic N) is 3. The van der Waals surface area contributed by atoms with Crippen LogP contribution >= 0.6 is 0 Å². The second-order valence-corrected chi connectivity index (χ2v) is 6.81. The summed E-state index contributed by atoms with van der Waals surface area (Å²) in [5, 5.41) is 2.94. The molecule has 1 amide bonds. The highest BCUT2D eigenvalue weighted by Gasteiger charge is 2.30. The van der Waals surface area contributed by atoms with Crippen LogP contribution in [0.5, 0.6) is 0 Å². The van der Waals surface area contributed by atoms with Crippen LogP contribution in [0, 0.1) is 0 Å². The molecule has 8 nitrogen and oxygen atoms in total. The first-order valence-electron chi connectivity index (χ1n) is 6.36. The van der Waals surface area contributed by atoms with E-state index in [1.54, 1.807) is 18.2 Å². The number of nitrogens with two attached hydrogens (primary N) is 1. The molecular formula is C13H13N5O3S. The molecule has 0 saturated heterocycles. The summed E-state index contributed by atoms with van der Waals surface area (Å²) in [6, 6.07) is 5.11. The normalized spacial score (nSPS) is 15.4. The van der Waals surface area contributed by atoms with Crippen molar-refractivity contribution < 1.29 is 13.2 Å². The van der Waals surface area contributed by atoms with Gasteiger partial charge in [-0.3, -0.25) is 9.10 Å². The molecule has 0 radical (unpaired) electrons. The highest BCUT2D eigenvalue weighted by molar-refractivity contribution is 7.92. The van der Waals surface area contributed by atoms with Crippen molar-refractivity contribution in [3.63, 3.8) is 0 Å². The molecular weight excluding hydrogens is 306 g/mol. The van der Waals surface area contributed by atoms with Crippen LogP contribution in [-0.4, -0.2) is 31.3 Å². The van der Waals surface area contributed by atoms with E-state index in [1.807, 2.05) is 0 Å². The summed E-state index contributed by atoms with van der Waals surface area (Å²) in [7, 11) is -1.78. The lowest BCUT2D eigenvalue weighted by Gasteiger charge is -2.12. The molecule has 114 valence electrons. The lowest BCUT2D eigenvalue weighted by Crippen LogP contribution is -2.20. The van der Waals surface area contributed by atoms with Crippen molar-refractivity contribution in [3.8, 4) is 0 Å². The van der Waals surface area contributed by atoms with Crippen molar-refractivity contribution in [2.75, 3.05) is 16.7 Å². The van der Waals surface area contributed by atoms with Crippen molar-refractivity contribution in [3.05, 3.63) is 41.9 Å². The zero-order valence-electron chi connectivity index (χ0n) is 11.6. The number of carbonyl (C=O) groups excluding carboxylic acids is 1. The van der Waals surface area contributed by atoms with E-state index < -0.39 is 15.9 Å². The van der Waals surface area contributed by atoms with Crippen LogP contribution in [0.15, 0.2) is 30.6 Å². The van der Waals surface area contributed by atoms with Gasteiger partial charge in [-0.2, -0.15) is 0 Å². The van der Waals surface area contributed by atoms with Crippen molar-refractivity contribution in [1.29, 1.82) is 0 Å². The Bertz CT molecular complexity index is 866. The minimum atomic E-state index is -3.29. The number of hydrogen-bond acceptors (Lipinski definition) is 6. The molecule has 3 N–H and O–H groups in total. The fourth-order valence-electron chi connectivity index (χ4n) is 2.28. The number of primary amides is 1. The Morgan fingerprint density at radius 1 is 1.32 bits per heavy atom. The van der Waals surface area contributed by atoms with Gasteiger partial charge in [-0.15, -0.1) is 0 Å². The van der Waals surface area contributed by atoms with Crippen LogP contribution in [0.4, 0.5) is 17.2 Å². The number of aromatic nitrogens is 2. The predicted octanol–water partition coefficient (Wildman–Crippen LogP) is 0.599.